The third-order valence-corrected chi connectivity index (χ3v) is 7.30. The van der Waals surface area contributed by atoms with Crippen molar-refractivity contribution in [3.8, 4) is 0 Å². The minimum atomic E-state index is -0.553. The fourth-order valence-corrected chi connectivity index (χ4v) is 4.66. The van der Waals surface area contributed by atoms with Gasteiger partial charge in [-0.3, -0.25) is 29.1 Å². The Morgan fingerprint density at radius 2 is 1.07 bits per heavy atom. The predicted octanol–water partition coefficient (Wildman–Crippen LogP) is 1.39. The van der Waals surface area contributed by atoms with E-state index in [0.717, 1.165) is 24.2 Å². The van der Waals surface area contributed by atoms with Crippen LogP contribution in [0.15, 0.2) is 49.1 Å². The molecule has 42 heavy (non-hydrogen) atoms. The number of piperazine rings is 1. The second kappa shape index (κ2) is 17.6. The molecule has 2 unspecified atom stereocenters. The first kappa shape index (κ1) is 32.3. The maximum atomic E-state index is 12.5. The molecule has 4 N–H and O–H groups in total. The fraction of sp³-hybridized carbons (Fsp3) is 0.533. The van der Waals surface area contributed by atoms with Gasteiger partial charge in [-0.05, 0) is 62.8 Å². The molecule has 4 amide bonds. The summed E-state index contributed by atoms with van der Waals surface area (Å²) < 4.78 is 0. The molecule has 228 valence electrons. The van der Waals surface area contributed by atoms with Gasteiger partial charge in [0.15, 0.2) is 0 Å². The van der Waals surface area contributed by atoms with Crippen LogP contribution in [0.1, 0.15) is 51.4 Å². The van der Waals surface area contributed by atoms with E-state index in [0.29, 0.717) is 64.7 Å². The number of nitrogens with one attached hydrogen (secondary N) is 4. The number of hydrogen-bond acceptors (Lipinski definition) is 8. The second-order valence-electron chi connectivity index (χ2n) is 10.6. The highest BCUT2D eigenvalue weighted by atomic mass is 16.2. The molecule has 2 atom stereocenters. The van der Waals surface area contributed by atoms with E-state index in [9.17, 15) is 19.2 Å². The number of aromatic nitrogens is 2. The van der Waals surface area contributed by atoms with E-state index in [1.807, 2.05) is 48.2 Å². The fourth-order valence-electron chi connectivity index (χ4n) is 4.66. The minimum absolute atomic E-state index is 0.0179. The summed E-state index contributed by atoms with van der Waals surface area (Å²) in [5, 5.41) is 11.5. The minimum Gasteiger partial charge on any atom is -0.374 e. The first-order chi connectivity index (χ1) is 20.3. The Morgan fingerprint density at radius 3 is 1.45 bits per heavy atom. The van der Waals surface area contributed by atoms with Crippen LogP contribution in [0.3, 0.4) is 0 Å². The summed E-state index contributed by atoms with van der Waals surface area (Å²) in [6, 6.07) is 6.49. The van der Waals surface area contributed by atoms with Gasteiger partial charge in [-0.15, -0.1) is 0 Å². The van der Waals surface area contributed by atoms with Crippen LogP contribution >= 0.6 is 0 Å². The van der Waals surface area contributed by atoms with Crippen molar-refractivity contribution in [2.75, 3.05) is 50.1 Å². The Morgan fingerprint density at radius 1 is 0.690 bits per heavy atom. The molecule has 0 aromatic carbocycles. The van der Waals surface area contributed by atoms with Gasteiger partial charge in [-0.25, -0.2) is 0 Å². The van der Waals surface area contributed by atoms with Crippen molar-refractivity contribution in [3.63, 3.8) is 0 Å². The average molecular weight is 581 g/mol. The lowest BCUT2D eigenvalue weighted by molar-refractivity contribution is -0.137. The highest BCUT2D eigenvalue weighted by Crippen LogP contribution is 2.12. The molecule has 1 aliphatic rings. The largest absolute Gasteiger partial charge is 0.374 e. The highest BCUT2D eigenvalue weighted by molar-refractivity contribution is 5.96. The smallest absolute Gasteiger partial charge is 0.243 e. The number of carbonyl (C=O) groups excluding carboxylic acids is 4. The molecular weight excluding hydrogens is 536 g/mol. The summed E-state index contributed by atoms with van der Waals surface area (Å²) in [6.07, 6.45) is 11.6. The van der Waals surface area contributed by atoms with Crippen LogP contribution in [0.2, 0.25) is 0 Å². The standard InChI is InChI=1S/C30H44N8O4/c1-37(23-9-17-31-18-10-23)21-13-27(39)33-15-5-3-7-25-29(41)36-26(30(42)35-25)8-4-6-16-34-28(40)14-22-38(2)24-11-19-32-20-12-24/h9-12,17-20,25-26H,3-8,13-16,21-22H2,1-2H3,(H,33,39)(H,34,40)(H,35,42)(H,36,41). The summed E-state index contributed by atoms with van der Waals surface area (Å²) in [6.45, 7) is 2.26. The molecule has 1 fully saturated rings. The summed E-state index contributed by atoms with van der Waals surface area (Å²) >= 11 is 0. The van der Waals surface area contributed by atoms with Crippen molar-refractivity contribution >= 4 is 35.0 Å². The van der Waals surface area contributed by atoms with E-state index >= 15 is 0 Å². The van der Waals surface area contributed by atoms with Gasteiger partial charge in [0, 0.05) is 89.3 Å². The third kappa shape index (κ3) is 11.3. The monoisotopic (exact) mass is 580 g/mol. The van der Waals surface area contributed by atoms with E-state index in [1.165, 1.54) is 0 Å². The zero-order chi connectivity index (χ0) is 30.2. The van der Waals surface area contributed by atoms with Gasteiger partial charge >= 0.3 is 0 Å². The third-order valence-electron chi connectivity index (χ3n) is 7.30. The van der Waals surface area contributed by atoms with Crippen molar-refractivity contribution in [2.45, 2.75) is 63.5 Å². The van der Waals surface area contributed by atoms with Crippen molar-refractivity contribution in [1.82, 2.24) is 31.2 Å². The van der Waals surface area contributed by atoms with Crippen LogP contribution in [0.25, 0.3) is 0 Å². The van der Waals surface area contributed by atoms with E-state index in [-0.39, 0.29) is 23.6 Å². The molecule has 12 heteroatoms. The molecule has 0 saturated carbocycles. The van der Waals surface area contributed by atoms with Gasteiger partial charge in [-0.1, -0.05) is 0 Å². The van der Waals surface area contributed by atoms with Gasteiger partial charge in [0.1, 0.15) is 12.1 Å². The molecule has 0 spiro atoms. The first-order valence-corrected chi connectivity index (χ1v) is 14.7. The summed E-state index contributed by atoms with van der Waals surface area (Å²) in [5.41, 5.74) is 2.02. The molecule has 1 aliphatic heterocycles. The number of pyridine rings is 2. The molecule has 2 aromatic heterocycles. The topological polar surface area (TPSA) is 149 Å². The lowest BCUT2D eigenvalue weighted by Crippen LogP contribution is -2.61. The molecular formula is C30H44N8O4. The summed E-state index contributed by atoms with van der Waals surface area (Å²) in [5.74, 6) is -0.380. The van der Waals surface area contributed by atoms with Gasteiger partial charge in [0.05, 0.1) is 0 Å². The lowest BCUT2D eigenvalue weighted by Gasteiger charge is -2.29. The number of nitrogens with zero attached hydrogens (tertiary/aromatic N) is 4. The molecule has 0 aliphatic carbocycles. The normalized spacial score (nSPS) is 16.2. The Kier molecular flexibility index (Phi) is 13.5. The van der Waals surface area contributed by atoms with E-state index in [1.54, 1.807) is 24.8 Å². The lowest BCUT2D eigenvalue weighted by atomic mass is 10.0. The maximum Gasteiger partial charge on any atom is 0.243 e. The highest BCUT2D eigenvalue weighted by Gasteiger charge is 2.32. The molecule has 2 aromatic rings. The van der Waals surface area contributed by atoms with Crippen LogP contribution in [0.4, 0.5) is 11.4 Å². The van der Waals surface area contributed by atoms with Gasteiger partial charge in [0.25, 0.3) is 0 Å². The quantitative estimate of drug-likeness (QED) is 0.193. The number of rotatable bonds is 18. The average Bonchev–Trinajstić information content (AvgIpc) is 3.01. The molecule has 0 bridgehead atoms. The Labute approximate surface area is 248 Å². The van der Waals surface area contributed by atoms with Crippen molar-refractivity contribution in [3.05, 3.63) is 49.1 Å². The van der Waals surface area contributed by atoms with E-state index in [2.05, 4.69) is 31.2 Å². The number of unbranched alkanes of at least 4 members (excludes halogenated alkanes) is 2. The molecule has 3 rings (SSSR count). The number of hydrogen-bond donors (Lipinski definition) is 4. The van der Waals surface area contributed by atoms with Crippen LogP contribution in [0.5, 0.6) is 0 Å². The van der Waals surface area contributed by atoms with Crippen LogP contribution in [0, 0.1) is 0 Å². The summed E-state index contributed by atoms with van der Waals surface area (Å²) in [4.78, 5) is 61.3. The van der Waals surface area contributed by atoms with E-state index < -0.39 is 12.1 Å². The molecule has 1 saturated heterocycles. The number of amides is 4. The van der Waals surface area contributed by atoms with Crippen LogP contribution < -0.4 is 31.1 Å². The summed E-state index contributed by atoms with van der Waals surface area (Å²) in [7, 11) is 3.87. The van der Waals surface area contributed by atoms with Crippen LogP contribution in [-0.4, -0.2) is 86.0 Å². The Hall–Kier alpha value is -4.22. The number of carbonyl (C=O) groups is 4. The van der Waals surface area contributed by atoms with Gasteiger partial charge in [0.2, 0.25) is 23.6 Å². The Bertz CT molecular complexity index is 1050. The molecule has 3 heterocycles. The van der Waals surface area contributed by atoms with Crippen molar-refractivity contribution in [2.24, 2.45) is 0 Å². The molecule has 12 nitrogen and oxygen atoms in total. The SMILES string of the molecule is CN(CCC(=O)NCCCCC1NC(=O)C(CCCCNC(=O)CCN(C)c2ccncc2)NC1=O)c1ccncc1. The molecule has 0 radical (unpaired) electrons. The van der Waals surface area contributed by atoms with E-state index in [4.69, 9.17) is 0 Å². The van der Waals surface area contributed by atoms with Gasteiger partial charge < -0.3 is 31.1 Å². The van der Waals surface area contributed by atoms with Crippen molar-refractivity contribution in [1.29, 1.82) is 0 Å². The Balaban J connectivity index is 1.20. The van der Waals surface area contributed by atoms with Crippen molar-refractivity contribution < 1.29 is 19.2 Å². The zero-order valence-electron chi connectivity index (χ0n) is 24.7. The van der Waals surface area contributed by atoms with Crippen LogP contribution in [-0.2, 0) is 19.2 Å². The zero-order valence-corrected chi connectivity index (χ0v) is 24.7. The first-order valence-electron chi connectivity index (χ1n) is 14.7. The predicted molar refractivity (Wildman–Crippen MR) is 162 cm³/mol. The second-order valence-corrected chi connectivity index (χ2v) is 10.6. The number of anilines is 2. The maximum absolute atomic E-state index is 12.5. The van der Waals surface area contributed by atoms with Gasteiger partial charge in [-0.2, -0.15) is 0 Å².